The third-order valence-electron chi connectivity index (χ3n) is 1.66. The highest BCUT2D eigenvalue weighted by molar-refractivity contribution is 14.1. The summed E-state index contributed by atoms with van der Waals surface area (Å²) in [5, 5.41) is 0. The predicted octanol–water partition coefficient (Wildman–Crippen LogP) is 2.41. The van der Waals surface area contributed by atoms with Crippen LogP contribution in [0, 0.1) is 3.70 Å². The molecule has 2 heterocycles. The smallest absolute Gasteiger partial charge is 0.137 e. The Morgan fingerprint density at radius 1 is 1.50 bits per heavy atom. The van der Waals surface area contributed by atoms with Gasteiger partial charge in [-0.2, -0.15) is 0 Å². The molecule has 0 fully saturated rings. The summed E-state index contributed by atoms with van der Waals surface area (Å²) < 4.78 is 15.1. The molecule has 0 amide bonds. The van der Waals surface area contributed by atoms with E-state index in [1.54, 1.807) is 0 Å². The first-order valence-electron chi connectivity index (χ1n) is 3.50. The summed E-state index contributed by atoms with van der Waals surface area (Å²) in [7, 11) is 0. The van der Waals surface area contributed by atoms with Crippen molar-refractivity contribution in [1.29, 1.82) is 0 Å². The molecule has 0 saturated heterocycles. The van der Waals surface area contributed by atoms with E-state index in [-0.39, 0.29) is 0 Å². The number of hydrogen-bond acceptors (Lipinski definition) is 1. The molecule has 12 heavy (non-hydrogen) atoms. The van der Waals surface area contributed by atoms with Crippen LogP contribution in [0.1, 0.15) is 5.69 Å². The largest absolute Gasteiger partial charge is 0.295 e. The summed E-state index contributed by atoms with van der Waals surface area (Å²) in [6, 6.07) is 5.65. The number of rotatable bonds is 1. The van der Waals surface area contributed by atoms with Crippen LogP contribution >= 0.6 is 22.6 Å². The van der Waals surface area contributed by atoms with E-state index in [1.165, 1.54) is 0 Å². The van der Waals surface area contributed by atoms with Crippen LogP contribution in [0.2, 0.25) is 0 Å². The number of halogens is 2. The Balaban J connectivity index is 2.78. The van der Waals surface area contributed by atoms with E-state index in [1.807, 2.05) is 28.8 Å². The first-order chi connectivity index (χ1) is 5.83. The molecule has 0 saturated carbocycles. The van der Waals surface area contributed by atoms with Crippen molar-refractivity contribution < 1.29 is 4.39 Å². The van der Waals surface area contributed by atoms with E-state index < -0.39 is 6.67 Å². The monoisotopic (exact) mass is 276 g/mol. The molecule has 62 valence electrons. The van der Waals surface area contributed by atoms with Gasteiger partial charge >= 0.3 is 0 Å². The lowest BCUT2D eigenvalue weighted by Crippen LogP contribution is -1.86. The highest BCUT2D eigenvalue weighted by Gasteiger charge is 2.07. The van der Waals surface area contributed by atoms with Gasteiger partial charge in [-0.05, 0) is 34.7 Å². The molecule has 2 rings (SSSR count). The minimum atomic E-state index is -0.500. The van der Waals surface area contributed by atoms with E-state index in [4.69, 9.17) is 0 Å². The average molecular weight is 276 g/mol. The molecule has 2 nitrogen and oxygen atoms in total. The molecule has 0 aliphatic heterocycles. The number of fused-ring (bicyclic) bond motifs is 1. The maximum atomic E-state index is 12.3. The lowest BCUT2D eigenvalue weighted by molar-refractivity contribution is 0.476. The Hall–Kier alpha value is -0.650. The minimum Gasteiger partial charge on any atom is -0.295 e. The van der Waals surface area contributed by atoms with Crippen molar-refractivity contribution in [3.05, 3.63) is 33.8 Å². The molecule has 0 aliphatic rings. The summed E-state index contributed by atoms with van der Waals surface area (Å²) >= 11 is 2.09. The normalized spacial score (nSPS) is 10.8. The van der Waals surface area contributed by atoms with Crippen molar-refractivity contribution in [3.8, 4) is 0 Å². The highest BCUT2D eigenvalue weighted by Crippen LogP contribution is 2.15. The van der Waals surface area contributed by atoms with E-state index in [9.17, 15) is 4.39 Å². The zero-order valence-corrected chi connectivity index (χ0v) is 8.32. The van der Waals surface area contributed by atoms with Crippen molar-refractivity contribution in [2.75, 3.05) is 0 Å². The van der Waals surface area contributed by atoms with E-state index in [0.717, 1.165) is 9.35 Å². The van der Waals surface area contributed by atoms with Gasteiger partial charge < -0.3 is 0 Å². The van der Waals surface area contributed by atoms with Crippen molar-refractivity contribution in [2.45, 2.75) is 6.67 Å². The standard InChI is InChI=1S/C8H6FIN2/c9-5-6-8(10)12-4-2-1-3-7(12)11-6/h1-4H,5H2. The van der Waals surface area contributed by atoms with Gasteiger partial charge in [-0.25, -0.2) is 9.37 Å². The maximum absolute atomic E-state index is 12.3. The third kappa shape index (κ3) is 1.10. The Labute approximate surface area is 82.6 Å². The molecule has 0 spiro atoms. The second-order valence-electron chi connectivity index (χ2n) is 2.41. The van der Waals surface area contributed by atoms with Crippen LogP contribution in [0.15, 0.2) is 24.4 Å². The van der Waals surface area contributed by atoms with Gasteiger partial charge in [0.2, 0.25) is 0 Å². The molecule has 0 radical (unpaired) electrons. The molecule has 0 N–H and O–H groups in total. The van der Waals surface area contributed by atoms with Gasteiger partial charge in [0.15, 0.2) is 0 Å². The lowest BCUT2D eigenvalue weighted by atomic mass is 10.5. The number of imidazole rings is 1. The molecular formula is C8H6FIN2. The fourth-order valence-electron chi connectivity index (χ4n) is 1.10. The minimum absolute atomic E-state index is 0.500. The van der Waals surface area contributed by atoms with Crippen molar-refractivity contribution in [3.63, 3.8) is 0 Å². The number of hydrogen-bond donors (Lipinski definition) is 0. The van der Waals surface area contributed by atoms with Crippen molar-refractivity contribution >= 4 is 28.2 Å². The molecule has 4 heteroatoms. The average Bonchev–Trinajstić information content (AvgIpc) is 2.44. The zero-order chi connectivity index (χ0) is 8.55. The fourth-order valence-corrected chi connectivity index (χ4v) is 1.77. The number of pyridine rings is 1. The first-order valence-corrected chi connectivity index (χ1v) is 4.58. The van der Waals surface area contributed by atoms with Gasteiger partial charge in [-0.3, -0.25) is 4.40 Å². The van der Waals surface area contributed by atoms with Crippen LogP contribution in [0.5, 0.6) is 0 Å². The Morgan fingerprint density at radius 2 is 2.33 bits per heavy atom. The second kappa shape index (κ2) is 3.01. The Bertz CT molecular complexity index is 410. The fraction of sp³-hybridized carbons (Fsp3) is 0.125. The zero-order valence-electron chi connectivity index (χ0n) is 6.17. The number of alkyl halides is 1. The van der Waals surface area contributed by atoms with Crippen LogP contribution in [-0.2, 0) is 6.67 Å². The van der Waals surface area contributed by atoms with Gasteiger partial charge in [-0.1, -0.05) is 6.07 Å². The van der Waals surface area contributed by atoms with E-state index >= 15 is 0 Å². The topological polar surface area (TPSA) is 17.3 Å². The number of nitrogens with zero attached hydrogens (tertiary/aromatic N) is 2. The Morgan fingerprint density at radius 3 is 3.00 bits per heavy atom. The molecule has 0 aromatic carbocycles. The van der Waals surface area contributed by atoms with E-state index in [2.05, 4.69) is 27.6 Å². The van der Waals surface area contributed by atoms with Gasteiger partial charge in [0.25, 0.3) is 0 Å². The quantitative estimate of drug-likeness (QED) is 0.731. The molecule has 2 aromatic heterocycles. The molecule has 0 atom stereocenters. The summed E-state index contributed by atoms with van der Waals surface area (Å²) in [6.07, 6.45) is 1.88. The summed E-state index contributed by atoms with van der Waals surface area (Å²) in [5.74, 6) is 0. The van der Waals surface area contributed by atoms with Crippen LogP contribution in [0.25, 0.3) is 5.65 Å². The third-order valence-corrected chi connectivity index (χ3v) is 2.81. The first kappa shape index (κ1) is 7.97. The van der Waals surface area contributed by atoms with Gasteiger partial charge in [0, 0.05) is 6.20 Å². The second-order valence-corrected chi connectivity index (χ2v) is 3.43. The van der Waals surface area contributed by atoms with Crippen LogP contribution in [-0.4, -0.2) is 9.38 Å². The van der Waals surface area contributed by atoms with Crippen LogP contribution in [0.3, 0.4) is 0 Å². The van der Waals surface area contributed by atoms with E-state index in [0.29, 0.717) is 5.69 Å². The molecular weight excluding hydrogens is 270 g/mol. The van der Waals surface area contributed by atoms with Gasteiger partial charge in [0.05, 0.1) is 0 Å². The van der Waals surface area contributed by atoms with Gasteiger partial charge in [-0.15, -0.1) is 0 Å². The molecule has 0 bridgehead atoms. The SMILES string of the molecule is FCc1nc2ccccn2c1I. The van der Waals surface area contributed by atoms with Crippen LogP contribution < -0.4 is 0 Å². The van der Waals surface area contributed by atoms with Crippen molar-refractivity contribution in [2.24, 2.45) is 0 Å². The highest BCUT2D eigenvalue weighted by atomic mass is 127. The maximum Gasteiger partial charge on any atom is 0.137 e. The number of aromatic nitrogens is 2. The summed E-state index contributed by atoms with van der Waals surface area (Å²) in [4.78, 5) is 4.11. The van der Waals surface area contributed by atoms with Crippen molar-refractivity contribution in [1.82, 2.24) is 9.38 Å². The molecule has 0 unspecified atom stereocenters. The summed E-state index contributed by atoms with van der Waals surface area (Å²) in [5.41, 5.74) is 1.32. The Kier molecular flexibility index (Phi) is 2.00. The van der Waals surface area contributed by atoms with Gasteiger partial charge in [0.1, 0.15) is 21.7 Å². The predicted molar refractivity (Wildman–Crippen MR) is 52.7 cm³/mol. The lowest BCUT2D eigenvalue weighted by Gasteiger charge is -1.91. The molecule has 0 aliphatic carbocycles. The van der Waals surface area contributed by atoms with Crippen LogP contribution in [0.4, 0.5) is 4.39 Å². The summed E-state index contributed by atoms with van der Waals surface area (Å²) in [6.45, 7) is -0.500. The molecule has 2 aromatic rings.